The predicted octanol–water partition coefficient (Wildman–Crippen LogP) is 3.24. The van der Waals surface area contributed by atoms with Crippen LogP contribution in [-0.4, -0.2) is 5.11 Å². The summed E-state index contributed by atoms with van der Waals surface area (Å²) < 4.78 is 26.4. The smallest absolute Gasteiger partial charge is 0.162 e. The van der Waals surface area contributed by atoms with Crippen LogP contribution in [0.15, 0.2) is 48.5 Å². The molecule has 17 heavy (non-hydrogen) atoms. The van der Waals surface area contributed by atoms with Gasteiger partial charge in [-0.2, -0.15) is 0 Å². The van der Waals surface area contributed by atoms with Crippen molar-refractivity contribution in [2.75, 3.05) is 0 Å². The van der Waals surface area contributed by atoms with Gasteiger partial charge in [-0.05, 0) is 17.2 Å². The number of rotatable bonds is 3. The lowest BCUT2D eigenvalue weighted by molar-refractivity contribution is 0.177. The van der Waals surface area contributed by atoms with Gasteiger partial charge in [0, 0.05) is 6.42 Å². The Kier molecular flexibility index (Phi) is 3.49. The zero-order valence-corrected chi connectivity index (χ0v) is 9.11. The quantitative estimate of drug-likeness (QED) is 0.864. The molecule has 2 rings (SSSR count). The van der Waals surface area contributed by atoms with Gasteiger partial charge in [0.15, 0.2) is 11.6 Å². The van der Waals surface area contributed by atoms with E-state index < -0.39 is 17.7 Å². The highest BCUT2D eigenvalue weighted by Gasteiger charge is 2.13. The van der Waals surface area contributed by atoms with Gasteiger partial charge in [0.05, 0.1) is 6.10 Å². The van der Waals surface area contributed by atoms with Gasteiger partial charge in [0.25, 0.3) is 0 Å². The summed E-state index contributed by atoms with van der Waals surface area (Å²) in [7, 11) is 0. The van der Waals surface area contributed by atoms with Gasteiger partial charge in [-0.15, -0.1) is 0 Å². The lowest BCUT2D eigenvalue weighted by Crippen LogP contribution is -2.04. The molecule has 1 atom stereocenters. The summed E-state index contributed by atoms with van der Waals surface area (Å²) in [6, 6.07) is 12.9. The van der Waals surface area contributed by atoms with Gasteiger partial charge in [0.2, 0.25) is 0 Å². The molecule has 1 unspecified atom stereocenters. The molecule has 0 heterocycles. The monoisotopic (exact) mass is 234 g/mol. The molecule has 0 saturated carbocycles. The van der Waals surface area contributed by atoms with E-state index in [0.717, 1.165) is 6.07 Å². The van der Waals surface area contributed by atoms with Crippen LogP contribution >= 0.6 is 0 Å². The van der Waals surface area contributed by atoms with Gasteiger partial charge < -0.3 is 5.11 Å². The highest BCUT2D eigenvalue weighted by atomic mass is 19.2. The Morgan fingerprint density at radius 1 is 0.941 bits per heavy atom. The molecule has 0 radical (unpaired) electrons. The molecule has 2 aromatic rings. The van der Waals surface area contributed by atoms with Crippen LogP contribution in [0.5, 0.6) is 0 Å². The fourth-order valence-electron chi connectivity index (χ4n) is 1.71. The van der Waals surface area contributed by atoms with E-state index in [4.69, 9.17) is 0 Å². The standard InChI is InChI=1S/C14H12F2O/c15-12-8-4-7-11(14(12)16)9-13(17)10-5-2-1-3-6-10/h1-8,13,17H,9H2. The second-order valence-electron chi connectivity index (χ2n) is 3.84. The summed E-state index contributed by atoms with van der Waals surface area (Å²) in [6.45, 7) is 0. The Balaban J connectivity index is 2.19. The van der Waals surface area contributed by atoms with E-state index in [1.54, 1.807) is 24.3 Å². The van der Waals surface area contributed by atoms with Crippen LogP contribution in [0.1, 0.15) is 17.2 Å². The molecular formula is C14H12F2O. The SMILES string of the molecule is OC(Cc1cccc(F)c1F)c1ccccc1. The Morgan fingerprint density at radius 3 is 2.35 bits per heavy atom. The molecular weight excluding hydrogens is 222 g/mol. The maximum Gasteiger partial charge on any atom is 0.162 e. The minimum Gasteiger partial charge on any atom is -0.388 e. The van der Waals surface area contributed by atoms with Crippen molar-refractivity contribution in [3.05, 3.63) is 71.3 Å². The predicted molar refractivity (Wildman–Crippen MR) is 61.5 cm³/mol. The maximum atomic E-state index is 13.4. The first-order valence-corrected chi connectivity index (χ1v) is 5.34. The van der Waals surface area contributed by atoms with Crippen molar-refractivity contribution in [2.45, 2.75) is 12.5 Å². The molecule has 1 nitrogen and oxygen atoms in total. The van der Waals surface area contributed by atoms with Gasteiger partial charge >= 0.3 is 0 Å². The lowest BCUT2D eigenvalue weighted by atomic mass is 10.0. The number of benzene rings is 2. The third kappa shape index (κ3) is 2.68. The Labute approximate surface area is 98.3 Å². The number of aliphatic hydroxyl groups excluding tert-OH is 1. The zero-order valence-electron chi connectivity index (χ0n) is 9.11. The Morgan fingerprint density at radius 2 is 1.65 bits per heavy atom. The van der Waals surface area contributed by atoms with Gasteiger partial charge in [-0.1, -0.05) is 42.5 Å². The maximum absolute atomic E-state index is 13.4. The molecule has 3 heteroatoms. The summed E-state index contributed by atoms with van der Waals surface area (Å²) in [5, 5.41) is 9.90. The van der Waals surface area contributed by atoms with Crippen molar-refractivity contribution >= 4 is 0 Å². The van der Waals surface area contributed by atoms with Crippen molar-refractivity contribution in [3.8, 4) is 0 Å². The van der Waals surface area contributed by atoms with E-state index in [1.165, 1.54) is 12.1 Å². The summed E-state index contributed by atoms with van der Waals surface area (Å²) in [5.74, 6) is -1.77. The number of hydrogen-bond acceptors (Lipinski definition) is 1. The molecule has 2 aromatic carbocycles. The average molecular weight is 234 g/mol. The van der Waals surface area contributed by atoms with E-state index in [9.17, 15) is 13.9 Å². The summed E-state index contributed by atoms with van der Waals surface area (Å²) in [4.78, 5) is 0. The molecule has 0 aromatic heterocycles. The second-order valence-corrected chi connectivity index (χ2v) is 3.84. The van der Waals surface area contributed by atoms with Crippen molar-refractivity contribution in [1.29, 1.82) is 0 Å². The molecule has 0 aliphatic rings. The van der Waals surface area contributed by atoms with Crippen LogP contribution in [-0.2, 0) is 6.42 Å². The van der Waals surface area contributed by atoms with E-state index in [0.29, 0.717) is 5.56 Å². The molecule has 0 spiro atoms. The van der Waals surface area contributed by atoms with Crippen LogP contribution < -0.4 is 0 Å². The minimum absolute atomic E-state index is 0.0631. The summed E-state index contributed by atoms with van der Waals surface area (Å²) in [6.07, 6.45) is -0.763. The van der Waals surface area contributed by atoms with Crippen molar-refractivity contribution in [3.63, 3.8) is 0 Å². The number of halogens is 2. The Hall–Kier alpha value is -1.74. The fraction of sp³-hybridized carbons (Fsp3) is 0.143. The zero-order chi connectivity index (χ0) is 12.3. The lowest BCUT2D eigenvalue weighted by Gasteiger charge is -2.11. The van der Waals surface area contributed by atoms with E-state index in [2.05, 4.69) is 0 Å². The van der Waals surface area contributed by atoms with Crippen LogP contribution in [0, 0.1) is 11.6 Å². The van der Waals surface area contributed by atoms with Crippen LogP contribution in [0.2, 0.25) is 0 Å². The van der Waals surface area contributed by atoms with Crippen molar-refractivity contribution < 1.29 is 13.9 Å². The first-order valence-electron chi connectivity index (χ1n) is 5.34. The van der Waals surface area contributed by atoms with Gasteiger partial charge in [-0.25, -0.2) is 8.78 Å². The summed E-state index contributed by atoms with van der Waals surface area (Å²) in [5.41, 5.74) is 0.873. The van der Waals surface area contributed by atoms with Crippen molar-refractivity contribution in [1.82, 2.24) is 0 Å². The average Bonchev–Trinajstić information content (AvgIpc) is 2.36. The van der Waals surface area contributed by atoms with Crippen LogP contribution in [0.4, 0.5) is 8.78 Å². The molecule has 1 N–H and O–H groups in total. The largest absolute Gasteiger partial charge is 0.388 e. The normalized spacial score (nSPS) is 12.4. The summed E-state index contributed by atoms with van der Waals surface area (Å²) >= 11 is 0. The molecule has 0 saturated heterocycles. The molecule has 0 bridgehead atoms. The first kappa shape index (κ1) is 11.7. The molecule has 0 aliphatic carbocycles. The Bertz CT molecular complexity index is 497. The third-order valence-electron chi connectivity index (χ3n) is 2.63. The molecule has 0 amide bonds. The van der Waals surface area contributed by atoms with Gasteiger partial charge in [0.1, 0.15) is 0 Å². The third-order valence-corrected chi connectivity index (χ3v) is 2.63. The van der Waals surface area contributed by atoms with E-state index in [-0.39, 0.29) is 12.0 Å². The highest BCUT2D eigenvalue weighted by molar-refractivity contribution is 5.24. The van der Waals surface area contributed by atoms with Crippen LogP contribution in [0.3, 0.4) is 0 Å². The molecule has 88 valence electrons. The topological polar surface area (TPSA) is 20.2 Å². The second kappa shape index (κ2) is 5.06. The molecule has 0 fully saturated rings. The van der Waals surface area contributed by atoms with E-state index >= 15 is 0 Å². The minimum atomic E-state index is -0.887. The van der Waals surface area contributed by atoms with Crippen molar-refractivity contribution in [2.24, 2.45) is 0 Å². The fourth-order valence-corrected chi connectivity index (χ4v) is 1.71. The molecule has 0 aliphatic heterocycles. The number of hydrogen-bond donors (Lipinski definition) is 1. The van der Waals surface area contributed by atoms with Gasteiger partial charge in [-0.3, -0.25) is 0 Å². The van der Waals surface area contributed by atoms with Crippen LogP contribution in [0.25, 0.3) is 0 Å². The number of aliphatic hydroxyl groups is 1. The first-order chi connectivity index (χ1) is 8.18. The van der Waals surface area contributed by atoms with E-state index in [1.807, 2.05) is 6.07 Å². The highest BCUT2D eigenvalue weighted by Crippen LogP contribution is 2.20.